The number of carbonyl (C=O) groups is 2. The lowest BCUT2D eigenvalue weighted by Gasteiger charge is -2.22. The van der Waals surface area contributed by atoms with Crippen molar-refractivity contribution in [3.05, 3.63) is 78.1 Å². The van der Waals surface area contributed by atoms with Crippen LogP contribution in [0.15, 0.2) is 61.3 Å². The van der Waals surface area contributed by atoms with E-state index in [1.807, 2.05) is 21.8 Å². The van der Waals surface area contributed by atoms with Gasteiger partial charge >= 0.3 is 0 Å². The second-order valence-corrected chi connectivity index (χ2v) is 7.14. The summed E-state index contributed by atoms with van der Waals surface area (Å²) in [6.07, 6.45) is 9.42. The molecule has 1 aliphatic rings. The highest BCUT2D eigenvalue weighted by Crippen LogP contribution is 2.12. The van der Waals surface area contributed by atoms with Crippen LogP contribution in [0.4, 0.5) is 0 Å². The first-order valence-corrected chi connectivity index (χ1v) is 10.1. The molecular weight excluding hydrogens is 396 g/mol. The molecule has 2 aromatic heterocycles. The smallest absolute Gasteiger partial charge is 0.290 e. The topological polar surface area (TPSA) is 104 Å². The number of hydrogen-bond donors (Lipinski definition) is 1. The Bertz CT molecular complexity index is 932. The number of carbonyl (C=O) groups excluding carboxylic acids is 1. The molecule has 1 saturated heterocycles. The standard InChI is InChI=1S/C21H24N6O.CH2O2/c28-21(20-15-22-8-9-23-20)26-11-2-10-25(13-14-26)16-18-3-5-19(6-4-18)17-27-12-1-7-24-27;2-1-3/h1,3-9,12,15H,2,10-11,13-14,16-17H2;1H,(H,2,3). The fourth-order valence-corrected chi connectivity index (χ4v) is 3.49. The minimum absolute atomic E-state index is 0.0297. The fourth-order valence-electron chi connectivity index (χ4n) is 3.49. The summed E-state index contributed by atoms with van der Waals surface area (Å²) in [5.74, 6) is -0.0297. The van der Waals surface area contributed by atoms with Gasteiger partial charge in [0, 0.05) is 57.5 Å². The molecule has 9 nitrogen and oxygen atoms in total. The highest BCUT2D eigenvalue weighted by Gasteiger charge is 2.21. The first-order chi connectivity index (χ1) is 15.2. The summed E-state index contributed by atoms with van der Waals surface area (Å²) in [7, 11) is 0. The van der Waals surface area contributed by atoms with Crippen LogP contribution in [-0.4, -0.2) is 73.2 Å². The van der Waals surface area contributed by atoms with E-state index in [0.717, 1.165) is 39.1 Å². The van der Waals surface area contributed by atoms with E-state index in [1.54, 1.807) is 18.6 Å². The number of nitrogens with zero attached hydrogens (tertiary/aromatic N) is 6. The molecular formula is C22H26N6O3. The maximum atomic E-state index is 12.6. The number of hydrogen-bond acceptors (Lipinski definition) is 6. The van der Waals surface area contributed by atoms with Gasteiger partial charge in [-0.15, -0.1) is 0 Å². The maximum Gasteiger partial charge on any atom is 0.290 e. The van der Waals surface area contributed by atoms with E-state index >= 15 is 0 Å². The van der Waals surface area contributed by atoms with Crippen molar-refractivity contribution in [1.82, 2.24) is 29.5 Å². The van der Waals surface area contributed by atoms with Crippen molar-refractivity contribution in [3.63, 3.8) is 0 Å². The summed E-state index contributed by atoms with van der Waals surface area (Å²) < 4.78 is 1.92. The van der Waals surface area contributed by atoms with Crippen molar-refractivity contribution < 1.29 is 14.7 Å². The second-order valence-electron chi connectivity index (χ2n) is 7.14. The van der Waals surface area contributed by atoms with Crippen molar-refractivity contribution in [2.24, 2.45) is 0 Å². The van der Waals surface area contributed by atoms with E-state index in [1.165, 1.54) is 17.3 Å². The monoisotopic (exact) mass is 422 g/mol. The normalized spacial score (nSPS) is 14.3. The molecule has 9 heteroatoms. The van der Waals surface area contributed by atoms with Crippen LogP contribution in [0.3, 0.4) is 0 Å². The van der Waals surface area contributed by atoms with Gasteiger partial charge in [-0.2, -0.15) is 5.10 Å². The van der Waals surface area contributed by atoms with Crippen LogP contribution in [-0.2, 0) is 17.9 Å². The molecule has 0 unspecified atom stereocenters. The van der Waals surface area contributed by atoms with Crippen LogP contribution in [0.5, 0.6) is 0 Å². The molecule has 0 saturated carbocycles. The van der Waals surface area contributed by atoms with E-state index in [4.69, 9.17) is 9.90 Å². The number of benzene rings is 1. The molecule has 162 valence electrons. The SMILES string of the molecule is O=C(c1cnccn1)N1CCCN(Cc2ccc(Cn3cccn3)cc2)CC1.O=CO. The lowest BCUT2D eigenvalue weighted by Crippen LogP contribution is -2.35. The van der Waals surface area contributed by atoms with Crippen molar-refractivity contribution in [2.45, 2.75) is 19.5 Å². The first kappa shape index (κ1) is 22.1. The van der Waals surface area contributed by atoms with Crippen molar-refractivity contribution in [1.29, 1.82) is 0 Å². The van der Waals surface area contributed by atoms with Crippen molar-refractivity contribution >= 4 is 12.4 Å². The Balaban J connectivity index is 0.000000858. The zero-order valence-corrected chi connectivity index (χ0v) is 17.2. The van der Waals surface area contributed by atoms with Crippen LogP contribution < -0.4 is 0 Å². The maximum absolute atomic E-state index is 12.6. The predicted octanol–water partition coefficient (Wildman–Crippen LogP) is 1.77. The van der Waals surface area contributed by atoms with Crippen LogP contribution in [0.1, 0.15) is 28.0 Å². The average Bonchev–Trinajstić information content (AvgIpc) is 3.20. The average molecular weight is 422 g/mol. The third-order valence-electron chi connectivity index (χ3n) is 4.99. The summed E-state index contributed by atoms with van der Waals surface area (Å²) >= 11 is 0. The van der Waals surface area contributed by atoms with Gasteiger partial charge in [-0.05, 0) is 23.6 Å². The largest absolute Gasteiger partial charge is 0.483 e. The minimum atomic E-state index is -0.250. The van der Waals surface area contributed by atoms with Gasteiger partial charge in [-0.25, -0.2) is 4.98 Å². The molecule has 4 rings (SSSR count). The second kappa shape index (κ2) is 11.6. The molecule has 1 aliphatic heterocycles. The zero-order valence-electron chi connectivity index (χ0n) is 17.2. The van der Waals surface area contributed by atoms with E-state index < -0.39 is 0 Å². The van der Waals surface area contributed by atoms with Gasteiger partial charge in [0.25, 0.3) is 12.4 Å². The lowest BCUT2D eigenvalue weighted by molar-refractivity contribution is -0.122. The number of amides is 1. The third-order valence-corrected chi connectivity index (χ3v) is 4.99. The highest BCUT2D eigenvalue weighted by molar-refractivity contribution is 5.91. The number of aromatic nitrogens is 4. The minimum Gasteiger partial charge on any atom is -0.483 e. The van der Waals surface area contributed by atoms with Gasteiger partial charge in [0.15, 0.2) is 0 Å². The van der Waals surface area contributed by atoms with Crippen molar-refractivity contribution in [2.75, 3.05) is 26.2 Å². The molecule has 0 aliphatic carbocycles. The van der Waals surface area contributed by atoms with Gasteiger partial charge in [-0.3, -0.25) is 24.2 Å². The van der Waals surface area contributed by atoms with E-state index in [9.17, 15) is 4.79 Å². The molecule has 0 bridgehead atoms. The highest BCUT2D eigenvalue weighted by atomic mass is 16.3. The van der Waals surface area contributed by atoms with Gasteiger partial charge in [-0.1, -0.05) is 24.3 Å². The molecule has 0 radical (unpaired) electrons. The summed E-state index contributed by atoms with van der Waals surface area (Å²) in [6.45, 7) is 4.76. The van der Waals surface area contributed by atoms with Gasteiger partial charge in [0.1, 0.15) is 5.69 Å². The Morgan fingerprint density at radius 2 is 1.74 bits per heavy atom. The molecule has 31 heavy (non-hydrogen) atoms. The Morgan fingerprint density at radius 3 is 2.39 bits per heavy atom. The quantitative estimate of drug-likeness (QED) is 0.625. The Morgan fingerprint density at radius 1 is 1.00 bits per heavy atom. The molecule has 1 aromatic carbocycles. The molecule has 0 atom stereocenters. The van der Waals surface area contributed by atoms with Crippen molar-refractivity contribution in [3.8, 4) is 0 Å². The fraction of sp³-hybridized carbons (Fsp3) is 0.318. The number of carboxylic acid groups (broad SMARTS) is 1. The Kier molecular flexibility index (Phi) is 8.24. The summed E-state index contributed by atoms with van der Waals surface area (Å²) in [5, 5.41) is 11.1. The van der Waals surface area contributed by atoms with E-state index in [2.05, 4.69) is 44.2 Å². The predicted molar refractivity (Wildman–Crippen MR) is 114 cm³/mol. The van der Waals surface area contributed by atoms with Gasteiger partial charge in [0.2, 0.25) is 0 Å². The summed E-state index contributed by atoms with van der Waals surface area (Å²) in [6, 6.07) is 10.6. The summed E-state index contributed by atoms with van der Waals surface area (Å²) in [5.41, 5.74) is 2.95. The van der Waals surface area contributed by atoms with E-state index in [0.29, 0.717) is 12.2 Å². The van der Waals surface area contributed by atoms with E-state index in [-0.39, 0.29) is 12.4 Å². The molecule has 1 amide bonds. The molecule has 3 aromatic rings. The Labute approximate surface area is 181 Å². The first-order valence-electron chi connectivity index (χ1n) is 10.1. The summed E-state index contributed by atoms with van der Waals surface area (Å²) in [4.78, 5) is 33.4. The Hall–Kier alpha value is -3.59. The van der Waals surface area contributed by atoms with Crippen LogP contribution >= 0.6 is 0 Å². The van der Waals surface area contributed by atoms with Crippen LogP contribution in [0.25, 0.3) is 0 Å². The van der Waals surface area contributed by atoms with Crippen LogP contribution in [0.2, 0.25) is 0 Å². The van der Waals surface area contributed by atoms with Gasteiger partial charge < -0.3 is 10.0 Å². The third kappa shape index (κ3) is 6.71. The number of rotatable bonds is 5. The molecule has 1 N–H and O–H groups in total. The molecule has 1 fully saturated rings. The zero-order chi connectivity index (χ0) is 21.9. The van der Waals surface area contributed by atoms with Gasteiger partial charge in [0.05, 0.1) is 12.7 Å². The lowest BCUT2D eigenvalue weighted by atomic mass is 10.1. The van der Waals surface area contributed by atoms with Crippen LogP contribution in [0, 0.1) is 0 Å². The molecule has 3 heterocycles. The molecule has 0 spiro atoms.